The zero-order chi connectivity index (χ0) is 17.5. The molecule has 0 aliphatic carbocycles. The number of alkyl halides is 3. The van der Waals surface area contributed by atoms with E-state index in [2.05, 4.69) is 18.7 Å². The van der Waals surface area contributed by atoms with E-state index in [1.807, 2.05) is 0 Å². The summed E-state index contributed by atoms with van der Waals surface area (Å²) >= 11 is 0. The molecule has 0 fully saturated rings. The second kappa shape index (κ2) is 9.13. The number of hydrogen-bond donors (Lipinski definition) is 1. The summed E-state index contributed by atoms with van der Waals surface area (Å²) in [6.45, 7) is 7.47. The third-order valence-corrected chi connectivity index (χ3v) is 3.52. The molecule has 1 N–H and O–H groups in total. The number of unbranched alkanes of at least 4 members (excludes halogenated alkanes) is 1. The Bertz CT molecular complexity index is 461. The zero-order valence-corrected chi connectivity index (χ0v) is 13.9. The number of aliphatic hydroxyl groups excluding tert-OH is 1. The van der Waals surface area contributed by atoms with Gasteiger partial charge in [0.05, 0.1) is 18.3 Å². The summed E-state index contributed by atoms with van der Waals surface area (Å²) in [4.78, 5) is 2.15. The monoisotopic (exact) mass is 333 g/mol. The molecule has 132 valence electrons. The molecule has 0 radical (unpaired) electrons. The fourth-order valence-corrected chi connectivity index (χ4v) is 2.33. The molecule has 23 heavy (non-hydrogen) atoms. The van der Waals surface area contributed by atoms with Gasteiger partial charge in [-0.1, -0.05) is 12.1 Å². The molecule has 1 atom stereocenters. The van der Waals surface area contributed by atoms with Crippen molar-refractivity contribution in [1.29, 1.82) is 0 Å². The summed E-state index contributed by atoms with van der Waals surface area (Å²) in [5.74, 6) is -0.121. The number of ether oxygens (including phenoxy) is 1. The lowest BCUT2D eigenvalue weighted by Crippen LogP contribution is -2.37. The Hall–Kier alpha value is -1.27. The highest BCUT2D eigenvalue weighted by molar-refractivity contribution is 5.35. The number of halogens is 3. The van der Waals surface area contributed by atoms with Gasteiger partial charge in [0.1, 0.15) is 5.75 Å². The summed E-state index contributed by atoms with van der Waals surface area (Å²) < 4.78 is 43.8. The van der Waals surface area contributed by atoms with E-state index in [4.69, 9.17) is 4.74 Å². The number of benzene rings is 1. The molecule has 0 spiro atoms. The molecule has 0 saturated carbocycles. The first kappa shape index (κ1) is 19.8. The van der Waals surface area contributed by atoms with Crippen LogP contribution >= 0.6 is 0 Å². The average Bonchev–Trinajstić information content (AvgIpc) is 2.44. The fourth-order valence-electron chi connectivity index (χ4n) is 2.33. The highest BCUT2D eigenvalue weighted by Crippen LogP contribution is 2.35. The summed E-state index contributed by atoms with van der Waals surface area (Å²) in [7, 11) is 0. The predicted molar refractivity (Wildman–Crippen MR) is 84.6 cm³/mol. The first-order valence-corrected chi connectivity index (χ1v) is 7.93. The van der Waals surface area contributed by atoms with Gasteiger partial charge in [-0.05, 0) is 52.3 Å². The molecule has 0 aliphatic heterocycles. The minimum atomic E-state index is -4.40. The van der Waals surface area contributed by atoms with E-state index in [0.717, 1.165) is 19.0 Å². The molecule has 1 aromatic rings. The van der Waals surface area contributed by atoms with Crippen LogP contribution in [0.15, 0.2) is 24.3 Å². The van der Waals surface area contributed by atoms with Crippen LogP contribution < -0.4 is 4.74 Å². The number of para-hydroxylation sites is 1. The first-order chi connectivity index (χ1) is 10.7. The minimum absolute atomic E-state index is 0.121. The topological polar surface area (TPSA) is 32.7 Å². The van der Waals surface area contributed by atoms with Crippen LogP contribution in [0.2, 0.25) is 0 Å². The van der Waals surface area contributed by atoms with Crippen molar-refractivity contribution < 1.29 is 23.0 Å². The van der Waals surface area contributed by atoms with E-state index in [-0.39, 0.29) is 12.4 Å². The fraction of sp³-hybridized carbons (Fsp3) is 0.647. The van der Waals surface area contributed by atoms with Crippen LogP contribution in [0.3, 0.4) is 0 Å². The van der Waals surface area contributed by atoms with Gasteiger partial charge in [-0.3, -0.25) is 4.90 Å². The molecule has 1 aromatic carbocycles. The SMILES string of the molecule is CC(O)CN(CCCCOc1ccccc1C(F)(F)F)C(C)C. The van der Waals surface area contributed by atoms with Gasteiger partial charge in [0.15, 0.2) is 0 Å². The maximum absolute atomic E-state index is 12.8. The van der Waals surface area contributed by atoms with Gasteiger partial charge in [0.2, 0.25) is 0 Å². The molecule has 6 heteroatoms. The molecule has 0 aromatic heterocycles. The Balaban J connectivity index is 2.41. The maximum Gasteiger partial charge on any atom is 0.419 e. The Kier molecular flexibility index (Phi) is 7.85. The lowest BCUT2D eigenvalue weighted by Gasteiger charge is -2.27. The van der Waals surface area contributed by atoms with E-state index in [9.17, 15) is 18.3 Å². The molecule has 0 aliphatic rings. The zero-order valence-electron chi connectivity index (χ0n) is 13.9. The molecule has 1 rings (SSSR count). The molecule has 0 amide bonds. The highest BCUT2D eigenvalue weighted by Gasteiger charge is 2.33. The van der Waals surface area contributed by atoms with Gasteiger partial charge in [-0.15, -0.1) is 0 Å². The lowest BCUT2D eigenvalue weighted by molar-refractivity contribution is -0.138. The van der Waals surface area contributed by atoms with Crippen molar-refractivity contribution in [2.24, 2.45) is 0 Å². The van der Waals surface area contributed by atoms with E-state index >= 15 is 0 Å². The van der Waals surface area contributed by atoms with Crippen molar-refractivity contribution in [1.82, 2.24) is 4.90 Å². The van der Waals surface area contributed by atoms with Crippen LogP contribution in [-0.4, -0.2) is 41.8 Å². The number of hydrogen-bond acceptors (Lipinski definition) is 3. The van der Waals surface area contributed by atoms with Gasteiger partial charge in [-0.2, -0.15) is 13.2 Å². The van der Waals surface area contributed by atoms with Crippen molar-refractivity contribution >= 4 is 0 Å². The quantitative estimate of drug-likeness (QED) is 0.695. The van der Waals surface area contributed by atoms with Crippen molar-refractivity contribution in [2.75, 3.05) is 19.7 Å². The summed E-state index contributed by atoms with van der Waals surface area (Å²) in [6.07, 6.45) is -3.33. The van der Waals surface area contributed by atoms with Crippen LogP contribution in [-0.2, 0) is 6.18 Å². The molecule has 0 heterocycles. The van der Waals surface area contributed by atoms with Gasteiger partial charge < -0.3 is 9.84 Å². The number of rotatable bonds is 9. The van der Waals surface area contributed by atoms with Crippen LogP contribution in [0, 0.1) is 0 Å². The third kappa shape index (κ3) is 7.22. The number of aliphatic hydroxyl groups is 1. The van der Waals surface area contributed by atoms with Crippen molar-refractivity contribution in [3.05, 3.63) is 29.8 Å². The Morgan fingerprint density at radius 3 is 2.35 bits per heavy atom. The van der Waals surface area contributed by atoms with Crippen LogP contribution in [0.4, 0.5) is 13.2 Å². The molecule has 0 saturated heterocycles. The van der Waals surface area contributed by atoms with Gasteiger partial charge in [-0.25, -0.2) is 0 Å². The van der Waals surface area contributed by atoms with Crippen LogP contribution in [0.1, 0.15) is 39.2 Å². The smallest absolute Gasteiger partial charge is 0.419 e. The largest absolute Gasteiger partial charge is 0.493 e. The van der Waals surface area contributed by atoms with Gasteiger partial charge in [0.25, 0.3) is 0 Å². The summed E-state index contributed by atoms with van der Waals surface area (Å²) in [6, 6.07) is 5.58. The minimum Gasteiger partial charge on any atom is -0.493 e. The van der Waals surface area contributed by atoms with E-state index in [1.165, 1.54) is 18.2 Å². The van der Waals surface area contributed by atoms with Crippen LogP contribution in [0.5, 0.6) is 5.75 Å². The Morgan fingerprint density at radius 1 is 1.13 bits per heavy atom. The van der Waals surface area contributed by atoms with Gasteiger partial charge >= 0.3 is 6.18 Å². The van der Waals surface area contributed by atoms with Crippen molar-refractivity contribution in [2.45, 2.75) is 51.9 Å². The molecule has 1 unspecified atom stereocenters. The lowest BCUT2D eigenvalue weighted by atomic mass is 10.2. The standard InChI is InChI=1S/C17H26F3NO2/c1-13(2)21(12-14(3)22)10-6-7-11-23-16-9-5-4-8-15(16)17(18,19)20/h4-5,8-9,13-14,22H,6-7,10-12H2,1-3H3. The molecule has 0 bridgehead atoms. The van der Waals surface area contributed by atoms with Crippen molar-refractivity contribution in [3.63, 3.8) is 0 Å². The Labute approximate surface area is 136 Å². The van der Waals surface area contributed by atoms with E-state index in [1.54, 1.807) is 6.92 Å². The average molecular weight is 333 g/mol. The second-order valence-electron chi connectivity index (χ2n) is 5.99. The normalized spacial score (nSPS) is 13.6. The third-order valence-electron chi connectivity index (χ3n) is 3.52. The second-order valence-corrected chi connectivity index (χ2v) is 5.99. The van der Waals surface area contributed by atoms with E-state index < -0.39 is 17.8 Å². The van der Waals surface area contributed by atoms with Crippen molar-refractivity contribution in [3.8, 4) is 5.75 Å². The predicted octanol–water partition coefficient (Wildman–Crippen LogP) is 3.96. The summed E-state index contributed by atoms with van der Waals surface area (Å²) in [5, 5.41) is 9.46. The molecular weight excluding hydrogens is 307 g/mol. The maximum atomic E-state index is 12.8. The molecular formula is C17H26F3NO2. The Morgan fingerprint density at radius 2 is 1.78 bits per heavy atom. The number of nitrogens with zero attached hydrogens (tertiary/aromatic N) is 1. The highest BCUT2D eigenvalue weighted by atomic mass is 19.4. The van der Waals surface area contributed by atoms with E-state index in [0.29, 0.717) is 19.0 Å². The van der Waals surface area contributed by atoms with Gasteiger partial charge in [0, 0.05) is 12.6 Å². The van der Waals surface area contributed by atoms with Crippen LogP contribution in [0.25, 0.3) is 0 Å². The molecule has 3 nitrogen and oxygen atoms in total. The summed E-state index contributed by atoms with van der Waals surface area (Å²) in [5.41, 5.74) is -0.738. The first-order valence-electron chi connectivity index (χ1n) is 7.93.